The topological polar surface area (TPSA) is 334 Å². The average Bonchev–Trinajstić information content (AvgIpc) is 1.55. The zero-order valence-electron chi connectivity index (χ0n) is 88.9. The SMILES string of the molecule is CCCCCCCCCCCCOc1cc(-c2nnc(-c3ccc(-c4nnc(-c5ccc([N+](=O)[O-])cc5)o4)cc3)o2)cc(OCCCCCCCCCCCC)c1OCCCCCCCCCCCC.CCCCCCCCCCCCOc1cc(-c2nnc(-c3ccc(C(=O)NNC(=O)c4ccc([N+](=O)[O-])cc4)cc3)o2)cc(OCCCCCCCCCCCC)c1OCCCCCCCCCCCC.O=P(Cl)(Cl)Cl. The Bertz CT molecular complexity index is 4900. The van der Waals surface area contributed by atoms with Crippen molar-refractivity contribution in [3.05, 3.63) is 153 Å². The van der Waals surface area contributed by atoms with E-state index in [1.807, 2.05) is 48.5 Å². The number of halogens is 3. The Labute approximate surface area is 885 Å². The number of nitrogens with zero attached hydrogens (tertiary/aromatic N) is 8. The molecule has 0 aliphatic heterocycles. The molecule has 3 heterocycles. The maximum atomic E-state index is 12.9. The average molecular weight is 2100 g/mol. The summed E-state index contributed by atoms with van der Waals surface area (Å²) >= 11 is 13.8. The number of carbonyl (C=O) groups is 2. The molecule has 9 aromatic rings. The van der Waals surface area contributed by atoms with Crippen molar-refractivity contribution in [3.8, 4) is 103 Å². The third kappa shape index (κ3) is 53.0. The lowest BCUT2D eigenvalue weighted by molar-refractivity contribution is -0.385. The van der Waals surface area contributed by atoms with Crippen LogP contribution in [0.25, 0.3) is 68.7 Å². The summed E-state index contributed by atoms with van der Waals surface area (Å²) in [6.45, 7) is 17.1. The summed E-state index contributed by atoms with van der Waals surface area (Å²) < 4.78 is 67.7. The highest BCUT2D eigenvalue weighted by molar-refractivity contribution is 8.24. The van der Waals surface area contributed by atoms with Crippen molar-refractivity contribution in [3.63, 3.8) is 0 Å². The van der Waals surface area contributed by atoms with Gasteiger partial charge in [0.2, 0.25) is 46.8 Å². The molecule has 0 unspecified atom stereocenters. The number of hydrazine groups is 1. The molecule has 808 valence electrons. The number of aromatic nitrogens is 6. The molecule has 0 aliphatic rings. The van der Waals surface area contributed by atoms with E-state index in [0.717, 1.165) is 82.6 Å². The molecule has 26 nitrogen and oxygen atoms in total. The van der Waals surface area contributed by atoms with Gasteiger partial charge in [-0.05, 0) is 169 Å². The number of amides is 2. The van der Waals surface area contributed by atoms with Crippen LogP contribution in [0.3, 0.4) is 0 Å². The quantitative estimate of drug-likeness (QED) is 0.0155. The van der Waals surface area contributed by atoms with Crippen LogP contribution in [0.4, 0.5) is 11.4 Å². The summed E-state index contributed by atoms with van der Waals surface area (Å²) in [6.07, 6.45) is 75.1. The van der Waals surface area contributed by atoms with Crippen LogP contribution in [-0.4, -0.2) is 91.9 Å². The molecule has 2 N–H and O–H groups in total. The van der Waals surface area contributed by atoms with E-state index in [4.69, 9.17) is 41.7 Å². The Morgan fingerprint density at radius 3 is 0.616 bits per heavy atom. The number of rotatable bonds is 82. The van der Waals surface area contributed by atoms with Gasteiger partial charge in [-0.25, -0.2) is 0 Å². The van der Waals surface area contributed by atoms with Crippen LogP contribution in [0.15, 0.2) is 135 Å². The lowest BCUT2D eigenvalue weighted by Crippen LogP contribution is -2.41. The molecule has 2 amide bonds. The first kappa shape index (κ1) is 123. The summed E-state index contributed by atoms with van der Waals surface area (Å²) in [5.74, 6) is 4.50. The Morgan fingerprint density at radius 2 is 0.418 bits per heavy atom. The lowest BCUT2D eigenvalue weighted by atomic mass is 10.1. The van der Waals surface area contributed by atoms with Gasteiger partial charge in [0.25, 0.3) is 23.2 Å². The van der Waals surface area contributed by atoms with Crippen molar-refractivity contribution in [1.82, 2.24) is 41.4 Å². The summed E-state index contributed by atoms with van der Waals surface area (Å²) in [4.78, 5) is 46.5. The summed E-state index contributed by atoms with van der Waals surface area (Å²) in [6, 6.07) is 32.9. The molecule has 0 saturated carbocycles. The molecule has 0 atom stereocenters. The van der Waals surface area contributed by atoms with Crippen LogP contribution in [0.2, 0.25) is 0 Å². The highest BCUT2D eigenvalue weighted by Gasteiger charge is 2.25. The number of benzene rings is 6. The number of unbranched alkanes of at least 4 members (excludes halogenated alkanes) is 54. The maximum Gasteiger partial charge on any atom is 0.339 e. The number of carbonyl (C=O) groups excluding carboxylic acids is 2. The zero-order valence-corrected chi connectivity index (χ0v) is 92.1. The van der Waals surface area contributed by atoms with Gasteiger partial charge in [0.1, 0.15) is 0 Å². The van der Waals surface area contributed by atoms with E-state index >= 15 is 0 Å². The number of nitro groups is 2. The van der Waals surface area contributed by atoms with E-state index in [1.165, 1.54) is 345 Å². The summed E-state index contributed by atoms with van der Waals surface area (Å²) in [7, 11) is 0. The largest absolute Gasteiger partial charge is 0.490 e. The number of ether oxygens (including phenoxy) is 6. The number of hydrogen-bond acceptors (Lipinski definition) is 22. The molecule has 0 saturated heterocycles. The first-order valence-electron chi connectivity index (χ1n) is 56.0. The Kier molecular flexibility index (Phi) is 65.6. The highest BCUT2D eigenvalue weighted by Crippen LogP contribution is 2.61. The van der Waals surface area contributed by atoms with E-state index in [0.29, 0.717) is 126 Å². The first-order valence-corrected chi connectivity index (χ1v) is 60.4. The smallest absolute Gasteiger partial charge is 0.339 e. The minimum absolute atomic E-state index is 0.00849. The monoisotopic (exact) mass is 2100 g/mol. The van der Waals surface area contributed by atoms with Gasteiger partial charge in [0.05, 0.1) is 49.5 Å². The van der Waals surface area contributed by atoms with Crippen molar-refractivity contribution in [1.29, 1.82) is 0 Å². The third-order valence-electron chi connectivity index (χ3n) is 26.0. The van der Waals surface area contributed by atoms with Crippen molar-refractivity contribution in [2.24, 2.45) is 0 Å². The van der Waals surface area contributed by atoms with Gasteiger partial charge in [0.15, 0.2) is 23.0 Å². The number of nitrogens with one attached hydrogen (secondary N) is 2. The van der Waals surface area contributed by atoms with Crippen molar-refractivity contribution >= 4 is 62.1 Å². The van der Waals surface area contributed by atoms with Crippen LogP contribution < -0.4 is 39.3 Å². The van der Waals surface area contributed by atoms with Crippen molar-refractivity contribution < 1.29 is 65.7 Å². The van der Waals surface area contributed by atoms with Gasteiger partial charge >= 0.3 is 5.20 Å². The fraction of sp³-hybridized carbons (Fsp3) is 0.621. The molecule has 6 aromatic carbocycles. The molecular weight excluding hydrogens is 1930 g/mol. The van der Waals surface area contributed by atoms with E-state index in [9.17, 15) is 34.4 Å². The summed E-state index contributed by atoms with van der Waals surface area (Å²) in [5.41, 5.74) is 9.00. The lowest BCUT2D eigenvalue weighted by Gasteiger charge is -2.18. The van der Waals surface area contributed by atoms with Gasteiger partial charge in [-0.2, -0.15) is 0 Å². The Morgan fingerprint density at radius 1 is 0.260 bits per heavy atom. The maximum absolute atomic E-state index is 12.9. The van der Waals surface area contributed by atoms with E-state index in [1.54, 1.807) is 36.4 Å². The first-order chi connectivity index (χ1) is 71.3. The summed E-state index contributed by atoms with van der Waals surface area (Å²) in [5, 5.41) is 45.0. The predicted molar refractivity (Wildman–Crippen MR) is 593 cm³/mol. The Balaban J connectivity index is 0.000000378. The van der Waals surface area contributed by atoms with Crippen LogP contribution in [0.5, 0.6) is 34.5 Å². The second-order valence-corrected chi connectivity index (χ2v) is 45.2. The third-order valence-corrected chi connectivity index (χ3v) is 26.0. The van der Waals surface area contributed by atoms with E-state index < -0.39 is 26.9 Å². The number of nitro benzene ring substituents is 2. The highest BCUT2D eigenvalue weighted by atomic mass is 36.0. The van der Waals surface area contributed by atoms with Crippen molar-refractivity contribution in [2.75, 3.05) is 39.6 Å². The normalized spacial score (nSPS) is 11.3. The van der Waals surface area contributed by atoms with Gasteiger partial charge < -0.3 is 41.7 Å². The van der Waals surface area contributed by atoms with Crippen LogP contribution >= 0.6 is 38.9 Å². The molecule has 0 spiro atoms. The molecular formula is C116H172Cl3N10O16P. The van der Waals surface area contributed by atoms with E-state index in [2.05, 4.69) is 117 Å². The number of hydrogen-bond donors (Lipinski definition) is 2. The fourth-order valence-corrected chi connectivity index (χ4v) is 17.3. The van der Waals surface area contributed by atoms with Gasteiger partial charge in [0, 0.05) is 68.8 Å². The molecule has 30 heteroatoms. The Hall–Kier alpha value is -9.62. The van der Waals surface area contributed by atoms with E-state index in [-0.39, 0.29) is 34.3 Å². The van der Waals surface area contributed by atoms with Crippen LogP contribution in [0.1, 0.15) is 448 Å². The zero-order chi connectivity index (χ0) is 104. The fourth-order valence-electron chi connectivity index (χ4n) is 17.3. The second kappa shape index (κ2) is 77.7. The van der Waals surface area contributed by atoms with Gasteiger partial charge in [-0.3, -0.25) is 45.2 Å². The molecule has 9 rings (SSSR count). The minimum Gasteiger partial charge on any atom is -0.490 e. The molecule has 3 aromatic heterocycles. The molecule has 0 bridgehead atoms. The number of non-ortho nitro benzene ring substituents is 2. The standard InChI is InChI=1S/C58H87N5O8.C58H85N5O7.Cl3OP/c1-4-7-10-13-16-19-22-25-28-31-42-68-52-45-50(58-62-61-57(71-58)49-36-34-47(35-37-49)55(64)59-60-56(65)48-38-40-51(41-39-48)63(66)67)46-53(69-43-32-29-26-23-20-17-14-11-8-5-2)54(52)70-44-33-30-27-24-21-18-15-12-9-6-3;1-4-7-10-13-16-19-22-25-28-31-42-66-52-45-50(58-62-61-56(70-58)48-36-34-47(35-37-48)55-59-60-57(69-55)49-38-40-51(41-39-49)63(64)65)46-53(67-43-32-29-26-23-20-17-14-11-8-5-2)54(52)68-44-33-30-27-24-21-18-15-12-9-6-3;1-5(2,3)4/h34-41,45-46H,4-33,42-44H2,1-3H3,(H,59,64)(H,60,65);34-41,45-46H,4-33,42-44H2,1-3H3;. The predicted octanol–water partition coefficient (Wildman–Crippen LogP) is 37.0. The molecule has 0 aliphatic carbocycles. The van der Waals surface area contributed by atoms with Crippen LogP contribution in [-0.2, 0) is 4.57 Å². The molecule has 0 radical (unpaired) electrons. The molecule has 0 fully saturated rings. The van der Waals surface area contributed by atoms with Gasteiger partial charge in [-0.15, -0.1) is 30.6 Å². The second-order valence-electron chi connectivity index (χ2n) is 38.6. The van der Waals surface area contributed by atoms with Crippen molar-refractivity contribution in [2.45, 2.75) is 427 Å². The molecule has 146 heavy (non-hydrogen) atoms. The minimum atomic E-state index is -3.22. The van der Waals surface area contributed by atoms with Gasteiger partial charge in [-0.1, -0.05) is 388 Å². The van der Waals surface area contributed by atoms with Crippen LogP contribution in [0, 0.1) is 20.2 Å².